The smallest absolute Gasteiger partial charge is 0.227 e. The van der Waals surface area contributed by atoms with Gasteiger partial charge in [-0.05, 0) is 45.8 Å². The molecule has 0 aromatic carbocycles. The van der Waals surface area contributed by atoms with Gasteiger partial charge in [0.05, 0.1) is 0 Å². The second kappa shape index (κ2) is 5.56. The van der Waals surface area contributed by atoms with Crippen LogP contribution in [0.4, 0.5) is 11.8 Å². The molecule has 1 atom stereocenters. The average Bonchev–Trinajstić information content (AvgIpc) is 2.80. The Hall–Kier alpha value is -1.36. The Bertz CT molecular complexity index is 459. The van der Waals surface area contributed by atoms with Crippen LogP contribution >= 0.6 is 0 Å². The molecule has 3 rings (SSSR count). The first-order valence-electron chi connectivity index (χ1n) is 7.71. The number of hydrogen-bond acceptors (Lipinski definition) is 5. The van der Waals surface area contributed by atoms with Gasteiger partial charge in [-0.2, -0.15) is 4.98 Å². The van der Waals surface area contributed by atoms with Crippen molar-refractivity contribution < 1.29 is 0 Å². The highest BCUT2D eigenvalue weighted by Gasteiger charge is 2.40. The lowest BCUT2D eigenvalue weighted by molar-refractivity contribution is 0.233. The molecule has 1 spiro atoms. The Kier molecular flexibility index (Phi) is 3.78. The van der Waals surface area contributed by atoms with Gasteiger partial charge in [0.2, 0.25) is 5.95 Å². The van der Waals surface area contributed by atoms with Crippen molar-refractivity contribution in [1.29, 1.82) is 0 Å². The fourth-order valence-electron chi connectivity index (χ4n) is 3.65. The maximum Gasteiger partial charge on any atom is 0.227 e. The summed E-state index contributed by atoms with van der Waals surface area (Å²) in [5, 5.41) is 3.27. The molecule has 5 heteroatoms. The summed E-state index contributed by atoms with van der Waals surface area (Å²) in [7, 11) is 2.23. The Labute approximate surface area is 121 Å². The Morgan fingerprint density at radius 2 is 2.20 bits per heavy atom. The van der Waals surface area contributed by atoms with E-state index in [-0.39, 0.29) is 0 Å². The highest BCUT2D eigenvalue weighted by Crippen LogP contribution is 2.39. The van der Waals surface area contributed by atoms with Gasteiger partial charge in [0, 0.05) is 37.8 Å². The van der Waals surface area contributed by atoms with E-state index in [1.165, 1.54) is 32.4 Å². The van der Waals surface area contributed by atoms with E-state index in [1.54, 1.807) is 0 Å². The Morgan fingerprint density at radius 3 is 2.95 bits per heavy atom. The van der Waals surface area contributed by atoms with Gasteiger partial charge in [-0.3, -0.25) is 0 Å². The molecule has 2 fully saturated rings. The summed E-state index contributed by atoms with van der Waals surface area (Å²) in [6, 6.07) is 1.94. The van der Waals surface area contributed by atoms with Gasteiger partial charge in [0.15, 0.2) is 0 Å². The van der Waals surface area contributed by atoms with Crippen molar-refractivity contribution in [2.75, 3.05) is 50.0 Å². The number of aromatic nitrogens is 2. The zero-order valence-corrected chi connectivity index (χ0v) is 12.6. The minimum absolute atomic E-state index is 0.463. The van der Waals surface area contributed by atoms with Gasteiger partial charge in [-0.25, -0.2) is 4.98 Å². The van der Waals surface area contributed by atoms with E-state index in [0.29, 0.717) is 5.41 Å². The molecule has 0 bridgehead atoms. The van der Waals surface area contributed by atoms with Crippen molar-refractivity contribution in [2.24, 2.45) is 5.41 Å². The standard InChI is InChI=1S/C15H25N5/c1-3-16-13-5-8-17-14(18-13)20-9-4-6-15(12-20)7-10-19(2)11-15/h5,8H,3-4,6-7,9-12H2,1-2H3,(H,16,17,18)/t15-/m1/s1. The summed E-state index contributed by atoms with van der Waals surface area (Å²) in [6.07, 6.45) is 5.78. The fraction of sp³-hybridized carbons (Fsp3) is 0.733. The van der Waals surface area contributed by atoms with Gasteiger partial charge in [0.25, 0.3) is 0 Å². The Balaban J connectivity index is 1.75. The van der Waals surface area contributed by atoms with E-state index in [0.717, 1.165) is 31.4 Å². The molecule has 1 aromatic heterocycles. The highest BCUT2D eigenvalue weighted by molar-refractivity contribution is 5.41. The van der Waals surface area contributed by atoms with Gasteiger partial charge in [-0.15, -0.1) is 0 Å². The molecule has 0 unspecified atom stereocenters. The summed E-state index contributed by atoms with van der Waals surface area (Å²) < 4.78 is 0. The molecule has 0 amide bonds. The maximum absolute atomic E-state index is 4.65. The van der Waals surface area contributed by atoms with Gasteiger partial charge >= 0.3 is 0 Å². The third-order valence-corrected chi connectivity index (χ3v) is 4.57. The van der Waals surface area contributed by atoms with Crippen molar-refractivity contribution >= 4 is 11.8 Å². The first kappa shape index (κ1) is 13.6. The second-order valence-electron chi connectivity index (χ2n) is 6.29. The molecule has 1 N–H and O–H groups in total. The molecule has 3 heterocycles. The van der Waals surface area contributed by atoms with Crippen LogP contribution in [0.15, 0.2) is 12.3 Å². The van der Waals surface area contributed by atoms with Crippen LogP contribution in [0.1, 0.15) is 26.2 Å². The molecule has 1 aromatic rings. The van der Waals surface area contributed by atoms with E-state index >= 15 is 0 Å². The lowest BCUT2D eigenvalue weighted by Gasteiger charge is -2.40. The monoisotopic (exact) mass is 275 g/mol. The van der Waals surface area contributed by atoms with Crippen LogP contribution in [0.3, 0.4) is 0 Å². The number of nitrogens with one attached hydrogen (secondary N) is 1. The van der Waals surface area contributed by atoms with E-state index in [2.05, 4.69) is 39.1 Å². The SMILES string of the molecule is CCNc1ccnc(N2CCC[C@]3(CCN(C)C3)C2)n1. The first-order chi connectivity index (χ1) is 9.71. The molecule has 2 aliphatic heterocycles. The molecule has 20 heavy (non-hydrogen) atoms. The zero-order chi connectivity index (χ0) is 14.0. The number of rotatable bonds is 3. The molecule has 5 nitrogen and oxygen atoms in total. The molecule has 0 saturated carbocycles. The lowest BCUT2D eigenvalue weighted by atomic mass is 9.79. The normalized spacial score (nSPS) is 27.2. The summed E-state index contributed by atoms with van der Waals surface area (Å²) in [5.41, 5.74) is 0.463. The number of likely N-dealkylation sites (tertiary alicyclic amines) is 1. The van der Waals surface area contributed by atoms with Crippen molar-refractivity contribution in [3.05, 3.63) is 12.3 Å². The molecule has 0 radical (unpaired) electrons. The number of anilines is 2. The third kappa shape index (κ3) is 2.73. The molecule has 2 saturated heterocycles. The molecule has 0 aliphatic carbocycles. The van der Waals surface area contributed by atoms with Gasteiger partial charge in [0.1, 0.15) is 5.82 Å². The summed E-state index contributed by atoms with van der Waals surface area (Å²) in [5.74, 6) is 1.82. The van der Waals surface area contributed by atoms with E-state index in [1.807, 2.05) is 12.3 Å². The minimum atomic E-state index is 0.463. The quantitative estimate of drug-likeness (QED) is 0.912. The van der Waals surface area contributed by atoms with Crippen molar-refractivity contribution in [2.45, 2.75) is 26.2 Å². The number of piperidine rings is 1. The zero-order valence-electron chi connectivity index (χ0n) is 12.6. The predicted molar refractivity (Wildman–Crippen MR) is 82.2 cm³/mol. The average molecular weight is 275 g/mol. The van der Waals surface area contributed by atoms with E-state index in [4.69, 9.17) is 0 Å². The minimum Gasteiger partial charge on any atom is -0.370 e. The van der Waals surface area contributed by atoms with Crippen LogP contribution < -0.4 is 10.2 Å². The van der Waals surface area contributed by atoms with E-state index < -0.39 is 0 Å². The predicted octanol–water partition coefficient (Wildman–Crippen LogP) is 1.83. The molecule has 2 aliphatic rings. The topological polar surface area (TPSA) is 44.3 Å². The van der Waals surface area contributed by atoms with Crippen LogP contribution in [-0.2, 0) is 0 Å². The summed E-state index contributed by atoms with van der Waals surface area (Å²) in [6.45, 7) is 7.62. The maximum atomic E-state index is 4.65. The Morgan fingerprint density at radius 1 is 1.30 bits per heavy atom. The van der Waals surface area contributed by atoms with Crippen molar-refractivity contribution in [1.82, 2.24) is 14.9 Å². The van der Waals surface area contributed by atoms with Crippen LogP contribution in [0, 0.1) is 5.41 Å². The molecule has 110 valence electrons. The second-order valence-corrected chi connectivity index (χ2v) is 6.29. The number of nitrogens with zero attached hydrogens (tertiary/aromatic N) is 4. The largest absolute Gasteiger partial charge is 0.370 e. The van der Waals surface area contributed by atoms with Crippen LogP contribution in [-0.4, -0.2) is 54.6 Å². The molecular weight excluding hydrogens is 250 g/mol. The van der Waals surface area contributed by atoms with Crippen molar-refractivity contribution in [3.8, 4) is 0 Å². The lowest BCUT2D eigenvalue weighted by Crippen LogP contribution is -2.45. The van der Waals surface area contributed by atoms with Crippen LogP contribution in [0.5, 0.6) is 0 Å². The third-order valence-electron chi connectivity index (χ3n) is 4.57. The summed E-state index contributed by atoms with van der Waals surface area (Å²) in [4.78, 5) is 14.0. The fourth-order valence-corrected chi connectivity index (χ4v) is 3.65. The van der Waals surface area contributed by atoms with Gasteiger partial charge in [-0.1, -0.05) is 0 Å². The van der Waals surface area contributed by atoms with Crippen LogP contribution in [0.25, 0.3) is 0 Å². The summed E-state index contributed by atoms with van der Waals surface area (Å²) >= 11 is 0. The molecular formula is C15H25N5. The van der Waals surface area contributed by atoms with Gasteiger partial charge < -0.3 is 15.1 Å². The number of hydrogen-bond donors (Lipinski definition) is 1. The van der Waals surface area contributed by atoms with Crippen LogP contribution in [0.2, 0.25) is 0 Å². The highest BCUT2D eigenvalue weighted by atomic mass is 15.3. The first-order valence-corrected chi connectivity index (χ1v) is 7.71. The van der Waals surface area contributed by atoms with Crippen molar-refractivity contribution in [3.63, 3.8) is 0 Å². The van der Waals surface area contributed by atoms with E-state index in [9.17, 15) is 0 Å².